The number of rotatable bonds is 4. The van der Waals surface area contributed by atoms with Crippen molar-refractivity contribution in [3.8, 4) is 0 Å². The van der Waals surface area contributed by atoms with Gasteiger partial charge < -0.3 is 0 Å². The van der Waals surface area contributed by atoms with E-state index in [-0.39, 0.29) is 5.78 Å². The van der Waals surface area contributed by atoms with Crippen LogP contribution in [0.25, 0.3) is 0 Å². The van der Waals surface area contributed by atoms with E-state index >= 15 is 0 Å². The normalized spacial score (nSPS) is 17.2. The van der Waals surface area contributed by atoms with E-state index in [0.717, 1.165) is 12.3 Å². The molecule has 1 heterocycles. The highest BCUT2D eigenvalue weighted by Gasteiger charge is 2.15. The number of ketones is 1. The summed E-state index contributed by atoms with van der Waals surface area (Å²) in [7, 11) is 0. The third-order valence-electron chi connectivity index (χ3n) is 3.39. The Kier molecular flexibility index (Phi) is 4.03. The molecule has 1 aliphatic rings. The van der Waals surface area contributed by atoms with E-state index in [2.05, 4.69) is 9.97 Å². The Labute approximate surface area is 96.3 Å². The van der Waals surface area contributed by atoms with Crippen LogP contribution in [0.3, 0.4) is 0 Å². The molecule has 1 saturated carbocycles. The summed E-state index contributed by atoms with van der Waals surface area (Å²) in [6.07, 6.45) is 13.0. The molecule has 0 aliphatic heterocycles. The number of hydrogen-bond acceptors (Lipinski definition) is 3. The highest BCUT2D eigenvalue weighted by atomic mass is 16.1. The molecule has 0 amide bonds. The second kappa shape index (κ2) is 5.73. The molecule has 0 spiro atoms. The summed E-state index contributed by atoms with van der Waals surface area (Å²) in [6, 6.07) is 0. The Morgan fingerprint density at radius 3 is 2.56 bits per heavy atom. The van der Waals surface area contributed by atoms with Crippen molar-refractivity contribution in [2.75, 3.05) is 0 Å². The van der Waals surface area contributed by atoms with Gasteiger partial charge in [0.25, 0.3) is 0 Å². The predicted molar refractivity (Wildman–Crippen MR) is 62.2 cm³/mol. The number of hydrogen-bond donors (Lipinski definition) is 0. The van der Waals surface area contributed by atoms with Crippen LogP contribution in [0.15, 0.2) is 18.7 Å². The molecule has 0 aromatic carbocycles. The molecule has 1 aliphatic carbocycles. The van der Waals surface area contributed by atoms with Gasteiger partial charge in [0.1, 0.15) is 6.33 Å². The van der Waals surface area contributed by atoms with E-state index in [1.165, 1.54) is 38.4 Å². The van der Waals surface area contributed by atoms with E-state index in [0.29, 0.717) is 12.0 Å². The number of nitrogens with zero attached hydrogens (tertiary/aromatic N) is 2. The lowest BCUT2D eigenvalue weighted by Gasteiger charge is -2.20. The maximum atomic E-state index is 11.8. The SMILES string of the molecule is O=C(CCC1CCCCC1)c1cncnc1. The molecule has 1 aromatic rings. The summed E-state index contributed by atoms with van der Waals surface area (Å²) in [5, 5.41) is 0. The maximum absolute atomic E-state index is 11.8. The molecular weight excluding hydrogens is 200 g/mol. The van der Waals surface area contributed by atoms with Crippen LogP contribution >= 0.6 is 0 Å². The van der Waals surface area contributed by atoms with E-state index in [4.69, 9.17) is 0 Å². The lowest BCUT2D eigenvalue weighted by Crippen LogP contribution is -2.09. The molecule has 86 valence electrons. The number of Topliss-reactive ketones (excluding diaryl/α,β-unsaturated/α-hetero) is 1. The van der Waals surface area contributed by atoms with Crippen LogP contribution in [0, 0.1) is 5.92 Å². The summed E-state index contributed by atoms with van der Waals surface area (Å²) in [5.74, 6) is 0.952. The molecule has 16 heavy (non-hydrogen) atoms. The lowest BCUT2D eigenvalue weighted by molar-refractivity contribution is 0.0969. The minimum atomic E-state index is 0.186. The standard InChI is InChI=1S/C13H18N2O/c16-13(12-8-14-10-15-9-12)7-6-11-4-2-1-3-5-11/h8-11H,1-7H2. The van der Waals surface area contributed by atoms with Gasteiger partial charge in [-0.25, -0.2) is 9.97 Å². The van der Waals surface area contributed by atoms with E-state index < -0.39 is 0 Å². The smallest absolute Gasteiger partial charge is 0.165 e. The maximum Gasteiger partial charge on any atom is 0.165 e. The average Bonchev–Trinajstić information content (AvgIpc) is 2.38. The lowest BCUT2D eigenvalue weighted by atomic mass is 9.85. The van der Waals surface area contributed by atoms with Gasteiger partial charge in [0.05, 0.1) is 5.56 Å². The van der Waals surface area contributed by atoms with Crippen molar-refractivity contribution in [1.82, 2.24) is 9.97 Å². The van der Waals surface area contributed by atoms with Gasteiger partial charge in [-0.1, -0.05) is 32.1 Å². The van der Waals surface area contributed by atoms with Gasteiger partial charge >= 0.3 is 0 Å². The monoisotopic (exact) mass is 218 g/mol. The van der Waals surface area contributed by atoms with Gasteiger partial charge in [0.15, 0.2) is 5.78 Å². The van der Waals surface area contributed by atoms with Gasteiger partial charge in [-0.15, -0.1) is 0 Å². The van der Waals surface area contributed by atoms with E-state index in [9.17, 15) is 4.79 Å². The highest BCUT2D eigenvalue weighted by molar-refractivity contribution is 5.95. The third kappa shape index (κ3) is 3.12. The summed E-state index contributed by atoms with van der Waals surface area (Å²) >= 11 is 0. The van der Waals surface area contributed by atoms with Crippen molar-refractivity contribution >= 4 is 5.78 Å². The fourth-order valence-corrected chi connectivity index (χ4v) is 2.40. The fraction of sp³-hybridized carbons (Fsp3) is 0.615. The molecule has 1 fully saturated rings. The summed E-state index contributed by atoms with van der Waals surface area (Å²) in [4.78, 5) is 19.5. The molecule has 0 atom stereocenters. The van der Waals surface area contributed by atoms with Crippen LogP contribution in [0.2, 0.25) is 0 Å². The molecule has 1 aromatic heterocycles. The van der Waals surface area contributed by atoms with Crippen LogP contribution in [0.4, 0.5) is 0 Å². The van der Waals surface area contributed by atoms with Gasteiger partial charge in [0.2, 0.25) is 0 Å². The molecule has 0 N–H and O–H groups in total. The zero-order valence-electron chi connectivity index (χ0n) is 9.56. The van der Waals surface area contributed by atoms with Crippen molar-refractivity contribution in [3.63, 3.8) is 0 Å². The fourth-order valence-electron chi connectivity index (χ4n) is 2.40. The van der Waals surface area contributed by atoms with Gasteiger partial charge in [-0.05, 0) is 12.3 Å². The molecule has 3 heteroatoms. The van der Waals surface area contributed by atoms with Gasteiger partial charge in [-0.3, -0.25) is 4.79 Å². The van der Waals surface area contributed by atoms with Crippen molar-refractivity contribution in [3.05, 3.63) is 24.3 Å². The second-order valence-corrected chi connectivity index (χ2v) is 4.59. The minimum Gasteiger partial charge on any atom is -0.294 e. The van der Waals surface area contributed by atoms with E-state index in [1.807, 2.05) is 0 Å². The Hall–Kier alpha value is -1.25. The Morgan fingerprint density at radius 2 is 1.88 bits per heavy atom. The van der Waals surface area contributed by atoms with Crippen molar-refractivity contribution in [1.29, 1.82) is 0 Å². The van der Waals surface area contributed by atoms with Crippen LogP contribution in [-0.2, 0) is 0 Å². The first-order valence-electron chi connectivity index (χ1n) is 6.14. The summed E-state index contributed by atoms with van der Waals surface area (Å²) in [5.41, 5.74) is 0.651. The molecule has 2 rings (SSSR count). The van der Waals surface area contributed by atoms with Crippen LogP contribution in [-0.4, -0.2) is 15.8 Å². The second-order valence-electron chi connectivity index (χ2n) is 4.59. The van der Waals surface area contributed by atoms with Gasteiger partial charge in [-0.2, -0.15) is 0 Å². The molecule has 3 nitrogen and oxygen atoms in total. The first-order chi connectivity index (χ1) is 7.86. The van der Waals surface area contributed by atoms with Gasteiger partial charge in [0, 0.05) is 18.8 Å². The Balaban J connectivity index is 1.79. The predicted octanol–water partition coefficient (Wildman–Crippen LogP) is 3.02. The molecule has 0 unspecified atom stereocenters. The molecular formula is C13H18N2O. The first-order valence-corrected chi connectivity index (χ1v) is 6.14. The third-order valence-corrected chi connectivity index (χ3v) is 3.39. The molecule has 0 bridgehead atoms. The number of carbonyl (C=O) groups excluding carboxylic acids is 1. The minimum absolute atomic E-state index is 0.186. The topological polar surface area (TPSA) is 42.9 Å². The summed E-state index contributed by atoms with van der Waals surface area (Å²) in [6.45, 7) is 0. The van der Waals surface area contributed by atoms with Crippen molar-refractivity contribution in [2.45, 2.75) is 44.9 Å². The van der Waals surface area contributed by atoms with Crippen molar-refractivity contribution < 1.29 is 4.79 Å². The highest BCUT2D eigenvalue weighted by Crippen LogP contribution is 2.27. The van der Waals surface area contributed by atoms with E-state index in [1.54, 1.807) is 12.4 Å². The largest absolute Gasteiger partial charge is 0.294 e. The zero-order chi connectivity index (χ0) is 11.2. The van der Waals surface area contributed by atoms with Crippen LogP contribution < -0.4 is 0 Å². The molecule has 0 saturated heterocycles. The van der Waals surface area contributed by atoms with Crippen molar-refractivity contribution in [2.24, 2.45) is 5.92 Å². The summed E-state index contributed by atoms with van der Waals surface area (Å²) < 4.78 is 0. The Bertz CT molecular complexity index is 331. The Morgan fingerprint density at radius 1 is 1.19 bits per heavy atom. The van der Waals surface area contributed by atoms with Crippen LogP contribution in [0.5, 0.6) is 0 Å². The van der Waals surface area contributed by atoms with Crippen LogP contribution in [0.1, 0.15) is 55.3 Å². The number of carbonyl (C=O) groups is 1. The first kappa shape index (κ1) is 11.2. The zero-order valence-corrected chi connectivity index (χ0v) is 9.56. The average molecular weight is 218 g/mol. The quantitative estimate of drug-likeness (QED) is 0.729. The number of aromatic nitrogens is 2. The molecule has 0 radical (unpaired) electrons.